The number of nitrogens with one attached hydrogen (secondary N) is 1. The van der Waals surface area contributed by atoms with Crippen LogP contribution in [0.5, 0.6) is 0 Å². The van der Waals surface area contributed by atoms with Gasteiger partial charge in [0, 0.05) is 4.47 Å². The van der Waals surface area contributed by atoms with E-state index < -0.39 is 6.04 Å². The molecule has 4 heteroatoms. The normalized spacial score (nSPS) is 15.0. The highest BCUT2D eigenvalue weighted by molar-refractivity contribution is 9.10. The Kier molecular flexibility index (Phi) is 4.93. The number of amides is 1. The zero-order valence-corrected chi connectivity index (χ0v) is 12.9. The van der Waals surface area contributed by atoms with E-state index in [2.05, 4.69) is 21.2 Å². The monoisotopic (exact) mass is 312 g/mol. The molecule has 0 aliphatic rings. The van der Waals surface area contributed by atoms with E-state index in [4.69, 9.17) is 5.73 Å². The Balaban J connectivity index is 2.75. The molecular weight excluding hydrogens is 292 g/mol. The molecule has 1 aromatic carbocycles. The van der Waals surface area contributed by atoms with Crippen molar-refractivity contribution < 1.29 is 4.79 Å². The third kappa shape index (κ3) is 3.82. The van der Waals surface area contributed by atoms with Gasteiger partial charge in [0.15, 0.2) is 0 Å². The summed E-state index contributed by atoms with van der Waals surface area (Å²) < 4.78 is 0.988. The minimum atomic E-state index is -0.512. The van der Waals surface area contributed by atoms with Gasteiger partial charge in [0.2, 0.25) is 5.91 Å². The second kappa shape index (κ2) is 5.85. The number of halogens is 1. The molecule has 3 nitrogen and oxygen atoms in total. The van der Waals surface area contributed by atoms with Crippen LogP contribution in [0.4, 0.5) is 0 Å². The zero-order chi connectivity index (χ0) is 13.9. The Bertz CT molecular complexity index is 426. The van der Waals surface area contributed by atoms with Gasteiger partial charge in [0.1, 0.15) is 0 Å². The van der Waals surface area contributed by atoms with Gasteiger partial charge in [-0.1, -0.05) is 54.9 Å². The summed E-state index contributed by atoms with van der Waals surface area (Å²) in [7, 11) is 0. The summed E-state index contributed by atoms with van der Waals surface area (Å²) in [5.74, 6) is -0.120. The van der Waals surface area contributed by atoms with E-state index in [1.165, 1.54) is 0 Å². The van der Waals surface area contributed by atoms with Crippen molar-refractivity contribution >= 4 is 21.8 Å². The van der Waals surface area contributed by atoms with E-state index in [9.17, 15) is 4.79 Å². The van der Waals surface area contributed by atoms with Gasteiger partial charge in [0.25, 0.3) is 0 Å². The number of benzene rings is 1. The molecule has 1 rings (SSSR count). The smallest absolute Gasteiger partial charge is 0.237 e. The maximum atomic E-state index is 12.0. The minimum Gasteiger partial charge on any atom is -0.348 e. The molecule has 18 heavy (non-hydrogen) atoms. The molecule has 0 aliphatic heterocycles. The lowest BCUT2D eigenvalue weighted by Crippen LogP contribution is -2.49. The van der Waals surface area contributed by atoms with Crippen LogP contribution in [-0.2, 0) is 4.79 Å². The Morgan fingerprint density at radius 1 is 1.33 bits per heavy atom. The summed E-state index contributed by atoms with van der Waals surface area (Å²) >= 11 is 3.48. The van der Waals surface area contributed by atoms with Crippen molar-refractivity contribution in [2.75, 3.05) is 0 Å². The lowest BCUT2D eigenvalue weighted by molar-refractivity contribution is -0.125. The summed E-state index contributed by atoms with van der Waals surface area (Å²) in [5.41, 5.74) is 6.74. The average molecular weight is 313 g/mol. The van der Waals surface area contributed by atoms with E-state index in [0.29, 0.717) is 0 Å². The molecule has 0 aromatic heterocycles. The topological polar surface area (TPSA) is 55.1 Å². The lowest BCUT2D eigenvalue weighted by Gasteiger charge is -2.27. The van der Waals surface area contributed by atoms with Crippen molar-refractivity contribution in [3.63, 3.8) is 0 Å². The van der Waals surface area contributed by atoms with Gasteiger partial charge < -0.3 is 11.1 Å². The fourth-order valence-corrected chi connectivity index (χ4v) is 2.23. The molecule has 1 unspecified atom stereocenters. The molecule has 0 heterocycles. The highest BCUT2D eigenvalue weighted by atomic mass is 79.9. The molecule has 2 atom stereocenters. The molecule has 1 aromatic rings. The van der Waals surface area contributed by atoms with Crippen molar-refractivity contribution in [3.8, 4) is 0 Å². The number of carbonyl (C=O) groups excluding carboxylic acids is 1. The predicted molar refractivity (Wildman–Crippen MR) is 78.1 cm³/mol. The summed E-state index contributed by atoms with van der Waals surface area (Å²) in [6.45, 7) is 7.83. The molecule has 100 valence electrons. The van der Waals surface area contributed by atoms with Crippen LogP contribution in [0.15, 0.2) is 28.7 Å². The van der Waals surface area contributed by atoms with Crippen LogP contribution >= 0.6 is 15.9 Å². The molecule has 0 saturated heterocycles. The van der Waals surface area contributed by atoms with Crippen LogP contribution in [0.2, 0.25) is 0 Å². The molecule has 1 amide bonds. The lowest BCUT2D eigenvalue weighted by atomic mass is 9.86. The van der Waals surface area contributed by atoms with E-state index in [0.717, 1.165) is 10.0 Å². The second-order valence-electron chi connectivity index (χ2n) is 5.60. The van der Waals surface area contributed by atoms with Crippen molar-refractivity contribution in [2.24, 2.45) is 11.1 Å². The summed E-state index contributed by atoms with van der Waals surface area (Å²) in [4.78, 5) is 12.0. The van der Waals surface area contributed by atoms with Crippen LogP contribution in [0, 0.1) is 5.41 Å². The average Bonchev–Trinajstić information content (AvgIpc) is 2.27. The quantitative estimate of drug-likeness (QED) is 0.901. The molecule has 0 bridgehead atoms. The summed E-state index contributed by atoms with van der Waals surface area (Å²) in [6.07, 6.45) is 0. The first-order chi connectivity index (χ1) is 8.23. The first-order valence-electron chi connectivity index (χ1n) is 6.04. The van der Waals surface area contributed by atoms with Crippen molar-refractivity contribution in [1.29, 1.82) is 0 Å². The van der Waals surface area contributed by atoms with Gasteiger partial charge in [-0.3, -0.25) is 4.79 Å². The number of hydrogen-bond acceptors (Lipinski definition) is 2. The van der Waals surface area contributed by atoms with Gasteiger partial charge in [-0.05, 0) is 24.0 Å². The highest BCUT2D eigenvalue weighted by Crippen LogP contribution is 2.24. The first kappa shape index (κ1) is 15.2. The maximum Gasteiger partial charge on any atom is 0.237 e. The van der Waals surface area contributed by atoms with Crippen LogP contribution in [-0.4, -0.2) is 11.9 Å². The third-order valence-electron chi connectivity index (χ3n) is 2.95. The van der Waals surface area contributed by atoms with Gasteiger partial charge in [-0.2, -0.15) is 0 Å². The van der Waals surface area contributed by atoms with E-state index >= 15 is 0 Å². The van der Waals surface area contributed by atoms with Crippen LogP contribution in [0.25, 0.3) is 0 Å². The number of carbonyl (C=O) groups is 1. The van der Waals surface area contributed by atoms with Gasteiger partial charge in [-0.25, -0.2) is 0 Å². The Morgan fingerprint density at radius 3 is 2.39 bits per heavy atom. The molecule has 0 radical (unpaired) electrons. The standard InChI is InChI=1S/C14H21BrN2O/c1-9(10-7-5-6-8-11(10)15)17-13(18)12(16)14(2,3)4/h5-9,12H,16H2,1-4H3,(H,17,18)/t9?,12-/m1/s1. The zero-order valence-electron chi connectivity index (χ0n) is 11.3. The van der Waals surface area contributed by atoms with Gasteiger partial charge in [-0.15, -0.1) is 0 Å². The molecule has 0 aliphatic carbocycles. The molecule has 0 spiro atoms. The van der Waals surface area contributed by atoms with Crippen LogP contribution < -0.4 is 11.1 Å². The molecule has 0 fully saturated rings. The van der Waals surface area contributed by atoms with E-state index in [1.807, 2.05) is 52.0 Å². The number of rotatable bonds is 3. The molecule has 3 N–H and O–H groups in total. The summed E-state index contributed by atoms with van der Waals surface area (Å²) in [5, 5.41) is 2.95. The summed E-state index contributed by atoms with van der Waals surface area (Å²) in [6, 6.07) is 7.26. The maximum absolute atomic E-state index is 12.0. The molecule has 0 saturated carbocycles. The number of hydrogen-bond donors (Lipinski definition) is 2. The SMILES string of the molecule is CC(NC(=O)[C@@H](N)C(C)(C)C)c1ccccc1Br. The number of nitrogens with two attached hydrogens (primary N) is 1. The van der Waals surface area contributed by atoms with Crippen LogP contribution in [0.3, 0.4) is 0 Å². The first-order valence-corrected chi connectivity index (χ1v) is 6.83. The largest absolute Gasteiger partial charge is 0.348 e. The molecular formula is C14H21BrN2O. The second-order valence-corrected chi connectivity index (χ2v) is 6.45. The predicted octanol–water partition coefficient (Wildman–Crippen LogP) is 3.00. The third-order valence-corrected chi connectivity index (χ3v) is 3.67. The Labute approximate surface area is 117 Å². The fraction of sp³-hybridized carbons (Fsp3) is 0.500. The highest BCUT2D eigenvalue weighted by Gasteiger charge is 2.28. The van der Waals surface area contributed by atoms with Crippen molar-refractivity contribution in [1.82, 2.24) is 5.32 Å². The Morgan fingerprint density at radius 2 is 1.89 bits per heavy atom. The fourth-order valence-electron chi connectivity index (χ4n) is 1.60. The Hall–Kier alpha value is -0.870. The van der Waals surface area contributed by atoms with Gasteiger partial charge in [0.05, 0.1) is 12.1 Å². The van der Waals surface area contributed by atoms with Gasteiger partial charge >= 0.3 is 0 Å². The minimum absolute atomic E-state index is 0.0681. The van der Waals surface area contributed by atoms with E-state index in [-0.39, 0.29) is 17.4 Å². The van der Waals surface area contributed by atoms with Crippen molar-refractivity contribution in [3.05, 3.63) is 34.3 Å². The van der Waals surface area contributed by atoms with E-state index in [1.54, 1.807) is 0 Å². The van der Waals surface area contributed by atoms with Crippen molar-refractivity contribution in [2.45, 2.75) is 39.8 Å². The van der Waals surface area contributed by atoms with Crippen LogP contribution in [0.1, 0.15) is 39.3 Å².